The molecule has 2 rings (SSSR count). The molecule has 1 saturated heterocycles. The largest absolute Gasteiger partial charge is 0.469 e. The molecule has 1 aliphatic heterocycles. The second-order valence-electron chi connectivity index (χ2n) is 4.48. The third kappa shape index (κ3) is 2.37. The quantitative estimate of drug-likeness (QED) is 0.701. The minimum absolute atomic E-state index is 0.136. The zero-order valence-electron chi connectivity index (χ0n) is 10.6. The van der Waals surface area contributed by atoms with Gasteiger partial charge in [0.15, 0.2) is 5.82 Å². The monoisotopic (exact) mass is 251 g/mol. The van der Waals surface area contributed by atoms with Crippen LogP contribution in [0.4, 0.5) is 5.82 Å². The van der Waals surface area contributed by atoms with Gasteiger partial charge in [-0.15, -0.1) is 0 Å². The molecule has 0 amide bonds. The number of anilines is 1. The predicted octanol–water partition coefficient (Wildman–Crippen LogP) is 0.170. The summed E-state index contributed by atoms with van der Waals surface area (Å²) in [5.74, 6) is 0.0246. The molecule has 6 nitrogen and oxygen atoms in total. The first-order valence-corrected chi connectivity index (χ1v) is 5.98. The van der Waals surface area contributed by atoms with E-state index in [2.05, 4.69) is 4.98 Å². The minimum Gasteiger partial charge on any atom is -0.469 e. The number of aryl methyl sites for hydroxylation is 1. The van der Waals surface area contributed by atoms with Crippen LogP contribution in [0.3, 0.4) is 0 Å². The van der Waals surface area contributed by atoms with E-state index in [1.54, 1.807) is 19.4 Å². The molecule has 6 heteroatoms. The molecule has 0 radical (unpaired) electrons. The van der Waals surface area contributed by atoms with Crippen LogP contribution in [0.1, 0.15) is 12.8 Å². The van der Waals surface area contributed by atoms with Crippen LogP contribution in [0.5, 0.6) is 0 Å². The Hall–Kier alpha value is -1.85. The first kappa shape index (κ1) is 12.6. The number of ether oxygens (including phenoxy) is 1. The van der Waals surface area contributed by atoms with Crippen LogP contribution in [-0.2, 0) is 16.6 Å². The molecule has 1 atom stereocenters. The molecular formula is C12H17N3O3. The number of esters is 1. The number of hydrogen-bond acceptors (Lipinski definition) is 5. The van der Waals surface area contributed by atoms with Crippen molar-refractivity contribution in [1.82, 2.24) is 9.55 Å². The molecule has 0 spiro atoms. The first-order valence-electron chi connectivity index (χ1n) is 5.98. The maximum absolute atomic E-state index is 12.0. The van der Waals surface area contributed by atoms with Crippen LogP contribution in [0.15, 0.2) is 17.2 Å². The zero-order chi connectivity index (χ0) is 13.1. The SMILES string of the molecule is COC(=O)C1CCCN(c2nccn(C)c2=O)C1. The van der Waals surface area contributed by atoms with Gasteiger partial charge in [0, 0.05) is 32.5 Å². The number of hydrogen-bond donors (Lipinski definition) is 0. The van der Waals surface area contributed by atoms with Gasteiger partial charge in [-0.05, 0) is 12.8 Å². The van der Waals surface area contributed by atoms with Crippen LogP contribution in [0.2, 0.25) is 0 Å². The molecule has 1 aromatic rings. The average molecular weight is 251 g/mol. The van der Waals surface area contributed by atoms with Crippen molar-refractivity contribution in [2.45, 2.75) is 12.8 Å². The fraction of sp³-hybridized carbons (Fsp3) is 0.583. The molecular weight excluding hydrogens is 234 g/mol. The van der Waals surface area contributed by atoms with Gasteiger partial charge in [0.05, 0.1) is 13.0 Å². The Balaban J connectivity index is 2.21. The van der Waals surface area contributed by atoms with Crippen LogP contribution in [0.25, 0.3) is 0 Å². The molecule has 1 aliphatic rings. The Bertz CT molecular complexity index is 498. The Morgan fingerprint density at radius 1 is 1.56 bits per heavy atom. The highest BCUT2D eigenvalue weighted by molar-refractivity contribution is 5.73. The van der Waals surface area contributed by atoms with Crippen LogP contribution < -0.4 is 10.5 Å². The Morgan fingerprint density at radius 3 is 3.06 bits per heavy atom. The normalized spacial score (nSPS) is 19.7. The second-order valence-corrected chi connectivity index (χ2v) is 4.48. The summed E-state index contributed by atoms with van der Waals surface area (Å²) in [7, 11) is 3.08. The fourth-order valence-electron chi connectivity index (χ4n) is 2.23. The molecule has 1 fully saturated rings. The summed E-state index contributed by atoms with van der Waals surface area (Å²) in [6.45, 7) is 1.25. The van der Waals surface area contributed by atoms with Crippen molar-refractivity contribution in [3.63, 3.8) is 0 Å². The summed E-state index contributed by atoms with van der Waals surface area (Å²) < 4.78 is 6.25. The van der Waals surface area contributed by atoms with Crippen molar-refractivity contribution in [2.24, 2.45) is 13.0 Å². The summed E-state index contributed by atoms with van der Waals surface area (Å²) in [5.41, 5.74) is -0.136. The molecule has 0 bridgehead atoms. The first-order chi connectivity index (χ1) is 8.63. The lowest BCUT2D eigenvalue weighted by Gasteiger charge is -2.31. The Morgan fingerprint density at radius 2 is 2.33 bits per heavy atom. The summed E-state index contributed by atoms with van der Waals surface area (Å²) in [6.07, 6.45) is 4.88. The zero-order valence-corrected chi connectivity index (χ0v) is 10.6. The van der Waals surface area contributed by atoms with E-state index >= 15 is 0 Å². The van der Waals surface area contributed by atoms with E-state index in [1.807, 2.05) is 4.90 Å². The molecule has 18 heavy (non-hydrogen) atoms. The molecule has 1 unspecified atom stereocenters. The number of methoxy groups -OCH3 is 1. The van der Waals surface area contributed by atoms with Crippen molar-refractivity contribution in [1.29, 1.82) is 0 Å². The van der Waals surface area contributed by atoms with E-state index in [4.69, 9.17) is 4.74 Å². The van der Waals surface area contributed by atoms with Crippen molar-refractivity contribution in [3.8, 4) is 0 Å². The number of aromatic nitrogens is 2. The molecule has 98 valence electrons. The summed E-state index contributed by atoms with van der Waals surface area (Å²) in [4.78, 5) is 29.5. The molecule has 0 aliphatic carbocycles. The van der Waals surface area contributed by atoms with E-state index in [9.17, 15) is 9.59 Å². The maximum Gasteiger partial charge on any atom is 0.310 e. The van der Waals surface area contributed by atoms with Crippen molar-refractivity contribution < 1.29 is 9.53 Å². The molecule has 2 heterocycles. The lowest BCUT2D eigenvalue weighted by atomic mass is 9.98. The smallest absolute Gasteiger partial charge is 0.310 e. The van der Waals surface area contributed by atoms with Gasteiger partial charge >= 0.3 is 5.97 Å². The fourth-order valence-corrected chi connectivity index (χ4v) is 2.23. The topological polar surface area (TPSA) is 64.4 Å². The Kier molecular flexibility index (Phi) is 3.64. The standard InChI is InChI=1S/C12H17N3O3/c1-14-7-5-13-10(11(14)16)15-6-3-4-9(8-15)12(17)18-2/h5,7,9H,3-4,6,8H2,1-2H3. The van der Waals surface area contributed by atoms with Gasteiger partial charge in [-0.25, -0.2) is 4.98 Å². The third-order valence-electron chi connectivity index (χ3n) is 3.25. The number of carbonyl (C=O) groups excluding carboxylic acids is 1. The van der Waals surface area contributed by atoms with Crippen LogP contribution >= 0.6 is 0 Å². The average Bonchev–Trinajstić information content (AvgIpc) is 2.41. The highest BCUT2D eigenvalue weighted by Crippen LogP contribution is 2.20. The van der Waals surface area contributed by atoms with Crippen molar-refractivity contribution in [2.75, 3.05) is 25.1 Å². The molecule has 1 aromatic heterocycles. The second kappa shape index (κ2) is 5.20. The van der Waals surface area contributed by atoms with Crippen molar-refractivity contribution in [3.05, 3.63) is 22.7 Å². The van der Waals surface area contributed by atoms with Gasteiger partial charge in [-0.1, -0.05) is 0 Å². The maximum atomic E-state index is 12.0. The number of piperidine rings is 1. The number of rotatable bonds is 2. The van der Waals surface area contributed by atoms with E-state index < -0.39 is 0 Å². The highest BCUT2D eigenvalue weighted by Gasteiger charge is 2.28. The summed E-state index contributed by atoms with van der Waals surface area (Å²) in [5, 5.41) is 0. The van der Waals surface area contributed by atoms with Crippen LogP contribution in [0, 0.1) is 5.92 Å². The summed E-state index contributed by atoms with van der Waals surface area (Å²) >= 11 is 0. The Labute approximate surface area is 105 Å². The van der Waals surface area contributed by atoms with E-state index in [0.29, 0.717) is 12.4 Å². The number of nitrogens with zero attached hydrogens (tertiary/aromatic N) is 3. The minimum atomic E-state index is -0.215. The van der Waals surface area contributed by atoms with E-state index in [-0.39, 0.29) is 17.4 Å². The van der Waals surface area contributed by atoms with Gasteiger partial charge < -0.3 is 14.2 Å². The lowest BCUT2D eigenvalue weighted by Crippen LogP contribution is -2.42. The van der Waals surface area contributed by atoms with Gasteiger partial charge in [0.2, 0.25) is 0 Å². The van der Waals surface area contributed by atoms with Crippen LogP contribution in [-0.4, -0.2) is 35.7 Å². The number of carbonyl (C=O) groups is 1. The predicted molar refractivity (Wildman–Crippen MR) is 66.4 cm³/mol. The lowest BCUT2D eigenvalue weighted by molar-refractivity contribution is -0.145. The van der Waals surface area contributed by atoms with Gasteiger partial charge in [0.25, 0.3) is 5.56 Å². The summed E-state index contributed by atoms with van der Waals surface area (Å²) in [6, 6.07) is 0. The van der Waals surface area contributed by atoms with E-state index in [1.165, 1.54) is 11.7 Å². The highest BCUT2D eigenvalue weighted by atomic mass is 16.5. The van der Waals surface area contributed by atoms with Crippen molar-refractivity contribution >= 4 is 11.8 Å². The van der Waals surface area contributed by atoms with Gasteiger partial charge in [-0.3, -0.25) is 9.59 Å². The van der Waals surface area contributed by atoms with E-state index in [0.717, 1.165) is 19.4 Å². The molecule has 0 aromatic carbocycles. The molecule has 0 N–H and O–H groups in total. The molecule has 0 saturated carbocycles. The van der Waals surface area contributed by atoms with Gasteiger partial charge in [0.1, 0.15) is 0 Å². The third-order valence-corrected chi connectivity index (χ3v) is 3.25. The van der Waals surface area contributed by atoms with Gasteiger partial charge in [-0.2, -0.15) is 0 Å².